The number of nitrogens with one attached hydrogen (secondary N) is 2. The summed E-state index contributed by atoms with van der Waals surface area (Å²) >= 11 is 7.37. The Labute approximate surface area is 148 Å². The van der Waals surface area contributed by atoms with E-state index >= 15 is 0 Å². The number of carbonyl (C=O) groups excluding carboxylic acids is 1. The van der Waals surface area contributed by atoms with Crippen LogP contribution in [0.5, 0.6) is 0 Å². The van der Waals surface area contributed by atoms with Crippen LogP contribution in [-0.4, -0.2) is 15.9 Å². The first-order valence-corrected chi connectivity index (χ1v) is 8.44. The zero-order valence-electron chi connectivity index (χ0n) is 13.1. The lowest BCUT2D eigenvalue weighted by Gasteiger charge is -2.09. The Kier molecular flexibility index (Phi) is 4.78. The van der Waals surface area contributed by atoms with Gasteiger partial charge in [-0.05, 0) is 43.7 Å². The molecule has 0 aliphatic heterocycles. The largest absolute Gasteiger partial charge is 0.344 e. The van der Waals surface area contributed by atoms with Gasteiger partial charge in [0.2, 0.25) is 0 Å². The van der Waals surface area contributed by atoms with Crippen LogP contribution >= 0.6 is 22.9 Å². The monoisotopic (exact) mass is 358 g/mol. The van der Waals surface area contributed by atoms with E-state index in [1.807, 2.05) is 19.9 Å². The predicted molar refractivity (Wildman–Crippen MR) is 98.5 cm³/mol. The van der Waals surface area contributed by atoms with Gasteiger partial charge in [-0.2, -0.15) is 0 Å². The number of pyridine rings is 1. The van der Waals surface area contributed by atoms with Crippen LogP contribution in [0.25, 0.3) is 0 Å². The van der Waals surface area contributed by atoms with Crippen LogP contribution in [0.3, 0.4) is 0 Å². The van der Waals surface area contributed by atoms with Crippen LogP contribution in [0.1, 0.15) is 21.1 Å². The van der Waals surface area contributed by atoms with Gasteiger partial charge in [-0.15, -0.1) is 11.3 Å². The zero-order valence-corrected chi connectivity index (χ0v) is 14.7. The molecule has 0 aliphatic carbocycles. The summed E-state index contributed by atoms with van der Waals surface area (Å²) in [6, 6.07) is 8.91. The maximum absolute atomic E-state index is 12.6. The van der Waals surface area contributed by atoms with Gasteiger partial charge in [0.05, 0.1) is 16.9 Å². The van der Waals surface area contributed by atoms with Gasteiger partial charge in [-0.3, -0.25) is 9.78 Å². The van der Waals surface area contributed by atoms with E-state index < -0.39 is 0 Å². The SMILES string of the molecule is Cc1nc(C(=O)Nc2cccc(Cl)c2)c(Nc2cnccc2C)s1. The normalized spacial score (nSPS) is 10.5. The molecule has 2 heterocycles. The Balaban J connectivity index is 1.86. The summed E-state index contributed by atoms with van der Waals surface area (Å²) in [5, 5.41) is 8.11. The number of halogens is 1. The number of aromatic nitrogens is 2. The van der Waals surface area contributed by atoms with E-state index in [4.69, 9.17) is 11.6 Å². The number of hydrogen-bond acceptors (Lipinski definition) is 5. The number of amides is 1. The third-order valence-corrected chi connectivity index (χ3v) is 4.44. The van der Waals surface area contributed by atoms with Gasteiger partial charge in [-0.1, -0.05) is 17.7 Å². The highest BCUT2D eigenvalue weighted by Crippen LogP contribution is 2.29. The van der Waals surface area contributed by atoms with Gasteiger partial charge in [0.1, 0.15) is 5.00 Å². The van der Waals surface area contributed by atoms with Gasteiger partial charge in [0.25, 0.3) is 5.91 Å². The van der Waals surface area contributed by atoms with Gasteiger partial charge >= 0.3 is 0 Å². The van der Waals surface area contributed by atoms with Crippen molar-refractivity contribution in [3.8, 4) is 0 Å². The molecular weight excluding hydrogens is 344 g/mol. The third kappa shape index (κ3) is 3.72. The Morgan fingerprint density at radius 3 is 2.83 bits per heavy atom. The Morgan fingerprint density at radius 2 is 2.08 bits per heavy atom. The number of anilines is 3. The van der Waals surface area contributed by atoms with Crippen molar-refractivity contribution >= 4 is 45.2 Å². The molecule has 122 valence electrons. The number of hydrogen-bond donors (Lipinski definition) is 2. The number of benzene rings is 1. The molecule has 0 radical (unpaired) electrons. The second kappa shape index (κ2) is 6.98. The molecule has 0 spiro atoms. The molecule has 0 saturated carbocycles. The lowest BCUT2D eigenvalue weighted by atomic mass is 10.2. The van der Waals surface area contributed by atoms with E-state index in [2.05, 4.69) is 20.6 Å². The molecule has 5 nitrogen and oxygen atoms in total. The Morgan fingerprint density at radius 1 is 1.25 bits per heavy atom. The van der Waals surface area contributed by atoms with E-state index in [9.17, 15) is 4.79 Å². The van der Waals surface area contributed by atoms with E-state index in [-0.39, 0.29) is 5.91 Å². The van der Waals surface area contributed by atoms with Crippen molar-refractivity contribution in [3.05, 3.63) is 64.0 Å². The highest BCUT2D eigenvalue weighted by Gasteiger charge is 2.18. The number of rotatable bonds is 4. The summed E-state index contributed by atoms with van der Waals surface area (Å²) in [6.45, 7) is 3.84. The number of aryl methyl sites for hydroxylation is 2. The summed E-state index contributed by atoms with van der Waals surface area (Å²) in [5.41, 5.74) is 2.86. The molecule has 0 bridgehead atoms. The smallest absolute Gasteiger partial charge is 0.277 e. The molecule has 3 aromatic rings. The standard InChI is InChI=1S/C17H15ClN4OS/c1-10-6-7-19-9-14(10)22-17-15(20-11(2)24-17)16(23)21-13-5-3-4-12(18)8-13/h3-9,22H,1-2H3,(H,21,23). The maximum Gasteiger partial charge on any atom is 0.277 e. The van der Waals surface area contributed by atoms with Gasteiger partial charge in [-0.25, -0.2) is 4.98 Å². The van der Waals surface area contributed by atoms with Crippen LogP contribution < -0.4 is 10.6 Å². The van der Waals surface area contributed by atoms with E-state index in [0.29, 0.717) is 21.4 Å². The molecule has 0 atom stereocenters. The highest BCUT2D eigenvalue weighted by molar-refractivity contribution is 7.16. The van der Waals surface area contributed by atoms with Crippen molar-refractivity contribution in [3.63, 3.8) is 0 Å². The van der Waals surface area contributed by atoms with Crippen molar-refractivity contribution < 1.29 is 4.79 Å². The van der Waals surface area contributed by atoms with Crippen molar-refractivity contribution in [1.82, 2.24) is 9.97 Å². The predicted octanol–water partition coefficient (Wildman–Crippen LogP) is 4.80. The molecule has 2 N–H and O–H groups in total. The topological polar surface area (TPSA) is 66.9 Å². The maximum atomic E-state index is 12.6. The lowest BCUT2D eigenvalue weighted by molar-refractivity contribution is 0.102. The number of nitrogens with zero attached hydrogens (tertiary/aromatic N) is 2. The van der Waals surface area contributed by atoms with Crippen LogP contribution in [0.4, 0.5) is 16.4 Å². The highest BCUT2D eigenvalue weighted by atomic mass is 35.5. The Hall–Kier alpha value is -2.44. The van der Waals surface area contributed by atoms with Crippen molar-refractivity contribution in [2.75, 3.05) is 10.6 Å². The molecule has 1 amide bonds. The molecule has 0 aliphatic rings. The number of carbonyl (C=O) groups is 1. The minimum atomic E-state index is -0.286. The zero-order chi connectivity index (χ0) is 17.1. The fraction of sp³-hybridized carbons (Fsp3) is 0.118. The second-order valence-corrected chi connectivity index (χ2v) is 6.83. The molecule has 24 heavy (non-hydrogen) atoms. The summed E-state index contributed by atoms with van der Waals surface area (Å²) in [4.78, 5) is 21.0. The number of thiazole rings is 1. The first-order valence-electron chi connectivity index (χ1n) is 7.25. The van der Waals surface area contributed by atoms with E-state index in [1.165, 1.54) is 11.3 Å². The van der Waals surface area contributed by atoms with Gasteiger partial charge in [0, 0.05) is 16.9 Å². The average molecular weight is 359 g/mol. The van der Waals surface area contributed by atoms with Crippen molar-refractivity contribution in [1.29, 1.82) is 0 Å². The van der Waals surface area contributed by atoms with Gasteiger partial charge in [0.15, 0.2) is 5.69 Å². The molecule has 2 aromatic heterocycles. The molecule has 0 fully saturated rings. The van der Waals surface area contributed by atoms with E-state index in [1.54, 1.807) is 36.7 Å². The van der Waals surface area contributed by atoms with E-state index in [0.717, 1.165) is 16.3 Å². The molecule has 3 rings (SSSR count). The first-order chi connectivity index (χ1) is 11.5. The fourth-order valence-corrected chi connectivity index (χ4v) is 3.16. The van der Waals surface area contributed by atoms with Crippen LogP contribution in [-0.2, 0) is 0 Å². The lowest BCUT2D eigenvalue weighted by Crippen LogP contribution is -2.14. The fourth-order valence-electron chi connectivity index (χ4n) is 2.14. The average Bonchev–Trinajstić information content (AvgIpc) is 2.90. The molecule has 0 saturated heterocycles. The molecule has 0 unspecified atom stereocenters. The Bertz CT molecular complexity index is 894. The van der Waals surface area contributed by atoms with Crippen molar-refractivity contribution in [2.24, 2.45) is 0 Å². The molecule has 7 heteroatoms. The first kappa shape index (κ1) is 16.4. The van der Waals surface area contributed by atoms with Gasteiger partial charge < -0.3 is 10.6 Å². The summed E-state index contributed by atoms with van der Waals surface area (Å²) in [6.07, 6.45) is 3.45. The third-order valence-electron chi connectivity index (χ3n) is 3.32. The summed E-state index contributed by atoms with van der Waals surface area (Å²) in [7, 11) is 0. The minimum absolute atomic E-state index is 0.286. The van der Waals surface area contributed by atoms with Crippen molar-refractivity contribution in [2.45, 2.75) is 13.8 Å². The van der Waals surface area contributed by atoms with Crippen LogP contribution in [0.15, 0.2) is 42.7 Å². The van der Waals surface area contributed by atoms with Crippen LogP contribution in [0.2, 0.25) is 5.02 Å². The minimum Gasteiger partial charge on any atom is -0.344 e. The van der Waals surface area contributed by atoms with Crippen LogP contribution in [0, 0.1) is 13.8 Å². The summed E-state index contributed by atoms with van der Waals surface area (Å²) < 4.78 is 0. The molecule has 1 aromatic carbocycles. The molecular formula is C17H15ClN4OS. The second-order valence-electron chi connectivity index (χ2n) is 5.19. The summed E-state index contributed by atoms with van der Waals surface area (Å²) in [5.74, 6) is -0.286. The quantitative estimate of drug-likeness (QED) is 0.702.